The molecule has 1 aromatic heterocycles. The molecule has 0 fully saturated rings. The van der Waals surface area contributed by atoms with Crippen LogP contribution in [0.4, 0.5) is 0 Å². The molecule has 94 valence electrons. The van der Waals surface area contributed by atoms with Crippen LogP contribution in [0.3, 0.4) is 0 Å². The Morgan fingerprint density at radius 2 is 1.89 bits per heavy atom. The Balaban J connectivity index is 2.27. The van der Waals surface area contributed by atoms with Crippen LogP contribution in [-0.4, -0.2) is 9.97 Å². The maximum absolute atomic E-state index is 5.76. The molecule has 0 aliphatic rings. The third kappa shape index (κ3) is 2.65. The Morgan fingerprint density at radius 1 is 1.11 bits per heavy atom. The van der Waals surface area contributed by atoms with Crippen molar-refractivity contribution in [1.29, 1.82) is 0 Å². The summed E-state index contributed by atoms with van der Waals surface area (Å²) in [5.74, 6) is 1.31. The number of ether oxygens (including phenoxy) is 1. The van der Waals surface area contributed by atoms with Crippen molar-refractivity contribution in [2.24, 2.45) is 5.73 Å². The number of hydrogen-bond acceptors (Lipinski definition) is 4. The van der Waals surface area contributed by atoms with Gasteiger partial charge in [0.1, 0.15) is 5.75 Å². The molecule has 2 N–H and O–H groups in total. The number of aryl methyl sites for hydroxylation is 2. The molecule has 0 saturated heterocycles. The smallest absolute Gasteiger partial charge is 0.237 e. The highest BCUT2D eigenvalue weighted by Gasteiger charge is 2.06. The fourth-order valence-corrected chi connectivity index (χ4v) is 1.72. The van der Waals surface area contributed by atoms with Gasteiger partial charge in [-0.1, -0.05) is 6.07 Å². The predicted molar refractivity (Wildman–Crippen MR) is 70.7 cm³/mol. The maximum atomic E-state index is 5.76. The zero-order chi connectivity index (χ0) is 13.1. The first-order valence-corrected chi connectivity index (χ1v) is 5.87. The predicted octanol–water partition coefficient (Wildman–Crippen LogP) is 2.65. The third-order valence-electron chi connectivity index (χ3n) is 2.87. The van der Waals surface area contributed by atoms with Crippen molar-refractivity contribution in [3.8, 4) is 11.6 Å². The minimum atomic E-state index is 0.385. The maximum Gasteiger partial charge on any atom is 0.237 e. The van der Waals surface area contributed by atoms with Gasteiger partial charge in [0.2, 0.25) is 5.88 Å². The van der Waals surface area contributed by atoms with Crippen molar-refractivity contribution >= 4 is 0 Å². The van der Waals surface area contributed by atoms with Crippen LogP contribution in [0.5, 0.6) is 11.6 Å². The van der Waals surface area contributed by atoms with Crippen LogP contribution in [-0.2, 0) is 6.54 Å². The summed E-state index contributed by atoms with van der Waals surface area (Å²) in [7, 11) is 0. The molecule has 0 radical (unpaired) electrons. The van der Waals surface area contributed by atoms with E-state index in [1.165, 1.54) is 11.1 Å². The van der Waals surface area contributed by atoms with Gasteiger partial charge >= 0.3 is 0 Å². The van der Waals surface area contributed by atoms with Crippen LogP contribution >= 0.6 is 0 Å². The number of aromatic nitrogens is 2. The zero-order valence-electron chi connectivity index (χ0n) is 10.9. The fraction of sp³-hybridized carbons (Fsp3) is 0.286. The Bertz CT molecular complexity index is 550. The number of nitrogens with zero attached hydrogens (tertiary/aromatic N) is 2. The normalized spacial score (nSPS) is 10.4. The zero-order valence-corrected chi connectivity index (χ0v) is 10.9. The molecule has 2 rings (SSSR count). The number of benzene rings is 1. The van der Waals surface area contributed by atoms with E-state index < -0.39 is 0 Å². The van der Waals surface area contributed by atoms with E-state index in [4.69, 9.17) is 10.5 Å². The second-order valence-electron chi connectivity index (χ2n) is 4.36. The van der Waals surface area contributed by atoms with Gasteiger partial charge in [0, 0.05) is 6.54 Å². The van der Waals surface area contributed by atoms with Gasteiger partial charge in [-0.3, -0.25) is 4.98 Å². The molecular weight excluding hydrogens is 226 g/mol. The molecule has 1 aromatic carbocycles. The van der Waals surface area contributed by atoms with E-state index in [9.17, 15) is 0 Å². The van der Waals surface area contributed by atoms with Gasteiger partial charge in [-0.25, -0.2) is 4.98 Å². The van der Waals surface area contributed by atoms with Crippen LogP contribution in [0.25, 0.3) is 0 Å². The van der Waals surface area contributed by atoms with Crippen LogP contribution in [0, 0.1) is 20.8 Å². The van der Waals surface area contributed by atoms with E-state index in [1.807, 2.05) is 19.9 Å². The SMILES string of the molecule is Cc1cc(C)c(C)c(Oc2cnc(CN)cn2)c1. The lowest BCUT2D eigenvalue weighted by atomic mass is 10.1. The lowest BCUT2D eigenvalue weighted by Gasteiger charge is -2.11. The topological polar surface area (TPSA) is 61.0 Å². The summed E-state index contributed by atoms with van der Waals surface area (Å²) >= 11 is 0. The minimum Gasteiger partial charge on any atom is -0.437 e. The van der Waals surface area contributed by atoms with Gasteiger partial charge in [-0.05, 0) is 43.5 Å². The van der Waals surface area contributed by atoms with Crippen LogP contribution in [0.15, 0.2) is 24.5 Å². The summed E-state index contributed by atoms with van der Waals surface area (Å²) in [5.41, 5.74) is 9.71. The molecule has 2 aromatic rings. The molecule has 0 spiro atoms. The quantitative estimate of drug-likeness (QED) is 0.900. The molecule has 0 unspecified atom stereocenters. The second kappa shape index (κ2) is 5.14. The molecule has 0 amide bonds. The summed E-state index contributed by atoms with van der Waals surface area (Å²) in [6, 6.07) is 4.13. The molecule has 0 aliphatic carbocycles. The summed E-state index contributed by atoms with van der Waals surface area (Å²) in [4.78, 5) is 8.34. The molecule has 0 aliphatic heterocycles. The Hall–Kier alpha value is -1.94. The van der Waals surface area contributed by atoms with Crippen molar-refractivity contribution in [2.45, 2.75) is 27.3 Å². The Labute approximate surface area is 107 Å². The van der Waals surface area contributed by atoms with Gasteiger partial charge in [-0.15, -0.1) is 0 Å². The fourth-order valence-electron chi connectivity index (χ4n) is 1.72. The summed E-state index contributed by atoms with van der Waals surface area (Å²) in [6.45, 7) is 6.53. The summed E-state index contributed by atoms with van der Waals surface area (Å²) < 4.78 is 5.76. The first-order chi connectivity index (χ1) is 8.60. The molecule has 4 nitrogen and oxygen atoms in total. The van der Waals surface area contributed by atoms with Crippen LogP contribution < -0.4 is 10.5 Å². The molecule has 0 saturated carbocycles. The highest BCUT2D eigenvalue weighted by molar-refractivity contribution is 5.43. The van der Waals surface area contributed by atoms with Gasteiger partial charge in [-0.2, -0.15) is 0 Å². The Morgan fingerprint density at radius 3 is 2.50 bits per heavy atom. The van der Waals surface area contributed by atoms with Crippen molar-refractivity contribution in [1.82, 2.24) is 9.97 Å². The Kier molecular flexibility index (Phi) is 3.58. The number of rotatable bonds is 3. The lowest BCUT2D eigenvalue weighted by molar-refractivity contribution is 0.455. The standard InChI is InChI=1S/C14H17N3O/c1-9-4-10(2)11(3)13(5-9)18-14-8-16-12(6-15)7-17-14/h4-5,7-8H,6,15H2,1-3H3. The molecular formula is C14H17N3O. The van der Waals surface area contributed by atoms with Gasteiger partial charge < -0.3 is 10.5 Å². The first kappa shape index (κ1) is 12.5. The minimum absolute atomic E-state index is 0.385. The lowest BCUT2D eigenvalue weighted by Crippen LogP contribution is -2.01. The van der Waals surface area contributed by atoms with Crippen molar-refractivity contribution in [2.75, 3.05) is 0 Å². The number of hydrogen-bond donors (Lipinski definition) is 1. The number of nitrogens with two attached hydrogens (primary N) is 1. The largest absolute Gasteiger partial charge is 0.437 e. The van der Waals surface area contributed by atoms with Crippen LogP contribution in [0.1, 0.15) is 22.4 Å². The summed E-state index contributed by atoms with van der Waals surface area (Å²) in [6.07, 6.45) is 3.23. The van der Waals surface area contributed by atoms with Gasteiger partial charge in [0.25, 0.3) is 0 Å². The van der Waals surface area contributed by atoms with Gasteiger partial charge in [0.15, 0.2) is 0 Å². The monoisotopic (exact) mass is 243 g/mol. The summed E-state index contributed by atoms with van der Waals surface area (Å²) in [5, 5.41) is 0. The molecule has 0 bridgehead atoms. The average molecular weight is 243 g/mol. The van der Waals surface area contributed by atoms with Crippen molar-refractivity contribution in [3.63, 3.8) is 0 Å². The van der Waals surface area contributed by atoms with E-state index in [0.29, 0.717) is 12.4 Å². The van der Waals surface area contributed by atoms with E-state index in [-0.39, 0.29) is 0 Å². The van der Waals surface area contributed by atoms with Crippen LogP contribution in [0.2, 0.25) is 0 Å². The van der Waals surface area contributed by atoms with E-state index in [1.54, 1.807) is 12.4 Å². The van der Waals surface area contributed by atoms with Crippen molar-refractivity contribution < 1.29 is 4.74 Å². The first-order valence-electron chi connectivity index (χ1n) is 5.87. The van der Waals surface area contributed by atoms with Gasteiger partial charge in [0.05, 0.1) is 18.1 Å². The average Bonchev–Trinajstić information content (AvgIpc) is 2.36. The highest BCUT2D eigenvalue weighted by Crippen LogP contribution is 2.27. The third-order valence-corrected chi connectivity index (χ3v) is 2.87. The van der Waals surface area contributed by atoms with Crippen molar-refractivity contribution in [3.05, 3.63) is 46.9 Å². The highest BCUT2D eigenvalue weighted by atomic mass is 16.5. The molecule has 4 heteroatoms. The van der Waals surface area contributed by atoms with E-state index in [0.717, 1.165) is 17.0 Å². The second-order valence-corrected chi connectivity index (χ2v) is 4.36. The molecule has 18 heavy (non-hydrogen) atoms. The van der Waals surface area contributed by atoms with E-state index in [2.05, 4.69) is 23.0 Å². The molecule has 0 atom stereocenters. The van der Waals surface area contributed by atoms with E-state index >= 15 is 0 Å². The molecule has 1 heterocycles.